The second kappa shape index (κ2) is 6.75. The van der Waals surface area contributed by atoms with Gasteiger partial charge >= 0.3 is 0 Å². The highest BCUT2D eigenvalue weighted by Gasteiger charge is 2.48. The Hall–Kier alpha value is -1.20. The Balaban J connectivity index is 1.24. The summed E-state index contributed by atoms with van der Waals surface area (Å²) in [4.78, 5) is 17.3. The van der Waals surface area contributed by atoms with E-state index in [4.69, 9.17) is 0 Å². The Morgan fingerprint density at radius 1 is 1.15 bits per heavy atom. The smallest absolute Gasteiger partial charge is 0.226 e. The lowest BCUT2D eigenvalue weighted by Gasteiger charge is -2.54. The van der Waals surface area contributed by atoms with Gasteiger partial charge in [0.25, 0.3) is 0 Å². The fourth-order valence-corrected chi connectivity index (χ4v) is 6.92. The lowest BCUT2D eigenvalue weighted by molar-refractivity contribution is -0.124. The molecule has 4 aliphatic carbocycles. The van der Waals surface area contributed by atoms with E-state index in [-0.39, 0.29) is 5.91 Å². The van der Waals surface area contributed by atoms with Gasteiger partial charge in [0.1, 0.15) is 5.01 Å². The van der Waals surface area contributed by atoms with Crippen molar-refractivity contribution in [3.8, 4) is 10.6 Å². The van der Waals surface area contributed by atoms with Crippen molar-refractivity contribution in [2.24, 2.45) is 23.7 Å². The van der Waals surface area contributed by atoms with Gasteiger partial charge in [-0.2, -0.15) is 0 Å². The Labute approximate surface area is 166 Å². The predicted molar refractivity (Wildman–Crippen MR) is 108 cm³/mol. The first-order chi connectivity index (χ1) is 12.6. The van der Waals surface area contributed by atoms with Crippen molar-refractivity contribution in [1.82, 2.24) is 10.3 Å². The zero-order valence-electron chi connectivity index (χ0n) is 14.7. The van der Waals surface area contributed by atoms with E-state index >= 15 is 0 Å². The Kier molecular flexibility index (Phi) is 4.40. The number of amides is 1. The molecule has 1 aromatic heterocycles. The van der Waals surface area contributed by atoms with Crippen LogP contribution in [0.1, 0.15) is 37.8 Å². The van der Waals surface area contributed by atoms with Gasteiger partial charge in [-0.25, -0.2) is 4.98 Å². The SMILES string of the molecule is O=C(Cc1csc(-c2cccc(Br)c2)n1)NC1C2CC3CC(C2)CC1C3. The third kappa shape index (κ3) is 3.24. The van der Waals surface area contributed by atoms with E-state index in [0.29, 0.717) is 12.5 Å². The average Bonchev–Trinajstić information content (AvgIpc) is 3.06. The van der Waals surface area contributed by atoms with Crippen LogP contribution in [0, 0.1) is 23.7 Å². The molecule has 0 aliphatic heterocycles. The molecule has 0 spiro atoms. The molecule has 1 heterocycles. The molecule has 136 valence electrons. The summed E-state index contributed by atoms with van der Waals surface area (Å²) in [5, 5.41) is 6.38. The molecule has 0 atom stereocenters. The Bertz CT molecular complexity index is 805. The third-order valence-corrected chi connectivity index (χ3v) is 7.95. The number of hydrogen-bond donors (Lipinski definition) is 1. The summed E-state index contributed by atoms with van der Waals surface area (Å²) in [6, 6.07) is 8.56. The number of hydrogen-bond acceptors (Lipinski definition) is 3. The Morgan fingerprint density at radius 2 is 1.88 bits per heavy atom. The molecule has 4 bridgehead atoms. The lowest BCUT2D eigenvalue weighted by atomic mass is 9.54. The van der Waals surface area contributed by atoms with Gasteiger partial charge in [-0.15, -0.1) is 11.3 Å². The van der Waals surface area contributed by atoms with Gasteiger partial charge < -0.3 is 5.32 Å². The highest BCUT2D eigenvalue weighted by Crippen LogP contribution is 2.53. The molecule has 4 aliphatic rings. The van der Waals surface area contributed by atoms with Gasteiger partial charge in [0, 0.05) is 21.5 Å². The zero-order valence-corrected chi connectivity index (χ0v) is 17.1. The molecule has 6 rings (SSSR count). The van der Waals surface area contributed by atoms with E-state index in [1.165, 1.54) is 32.1 Å². The Morgan fingerprint density at radius 3 is 2.58 bits per heavy atom. The number of nitrogens with zero attached hydrogens (tertiary/aromatic N) is 1. The summed E-state index contributed by atoms with van der Waals surface area (Å²) in [7, 11) is 0. The number of thiazole rings is 1. The monoisotopic (exact) mass is 430 g/mol. The van der Waals surface area contributed by atoms with Crippen molar-refractivity contribution in [1.29, 1.82) is 0 Å². The second-order valence-electron chi connectivity index (χ2n) is 8.36. The number of nitrogens with one attached hydrogen (secondary N) is 1. The average molecular weight is 431 g/mol. The normalized spacial score (nSPS) is 32.0. The van der Waals surface area contributed by atoms with Crippen LogP contribution in [0.25, 0.3) is 10.6 Å². The molecule has 0 saturated heterocycles. The highest BCUT2D eigenvalue weighted by atomic mass is 79.9. The number of carbonyl (C=O) groups excluding carboxylic acids is 1. The van der Waals surface area contributed by atoms with Crippen LogP contribution in [0.15, 0.2) is 34.1 Å². The maximum Gasteiger partial charge on any atom is 0.226 e. The summed E-state index contributed by atoms with van der Waals surface area (Å²) >= 11 is 5.12. The number of rotatable bonds is 4. The van der Waals surface area contributed by atoms with E-state index in [1.807, 2.05) is 17.5 Å². The topological polar surface area (TPSA) is 42.0 Å². The molecule has 26 heavy (non-hydrogen) atoms. The molecule has 2 aromatic rings. The van der Waals surface area contributed by atoms with Crippen molar-refractivity contribution in [2.45, 2.75) is 44.6 Å². The van der Waals surface area contributed by atoms with Crippen LogP contribution in [0.4, 0.5) is 0 Å². The van der Waals surface area contributed by atoms with E-state index in [9.17, 15) is 4.79 Å². The molecular weight excluding hydrogens is 408 g/mol. The minimum Gasteiger partial charge on any atom is -0.352 e. The first-order valence-electron chi connectivity index (χ1n) is 9.64. The number of carbonyl (C=O) groups is 1. The lowest BCUT2D eigenvalue weighted by Crippen LogP contribution is -2.56. The molecule has 0 radical (unpaired) electrons. The van der Waals surface area contributed by atoms with Gasteiger partial charge in [-0.1, -0.05) is 28.1 Å². The van der Waals surface area contributed by atoms with E-state index in [1.54, 1.807) is 11.3 Å². The summed E-state index contributed by atoms with van der Waals surface area (Å²) < 4.78 is 1.05. The first-order valence-corrected chi connectivity index (χ1v) is 11.3. The fourth-order valence-electron chi connectivity index (χ4n) is 5.70. The zero-order chi connectivity index (χ0) is 17.7. The van der Waals surface area contributed by atoms with Crippen LogP contribution in [0.2, 0.25) is 0 Å². The minimum absolute atomic E-state index is 0.147. The fraction of sp³-hybridized carbons (Fsp3) is 0.524. The molecule has 4 fully saturated rings. The molecule has 0 unspecified atom stereocenters. The van der Waals surface area contributed by atoms with Crippen LogP contribution in [0.3, 0.4) is 0 Å². The molecular formula is C21H23BrN2OS. The minimum atomic E-state index is 0.147. The van der Waals surface area contributed by atoms with Gasteiger partial charge in [-0.05, 0) is 67.9 Å². The van der Waals surface area contributed by atoms with Crippen molar-refractivity contribution in [3.05, 3.63) is 39.8 Å². The summed E-state index contributed by atoms with van der Waals surface area (Å²) in [5.74, 6) is 3.48. The number of benzene rings is 1. The van der Waals surface area contributed by atoms with E-state index < -0.39 is 0 Å². The van der Waals surface area contributed by atoms with Crippen LogP contribution < -0.4 is 5.32 Å². The predicted octanol–water partition coefficient (Wildman–Crippen LogP) is 5.06. The van der Waals surface area contributed by atoms with Crippen LogP contribution in [0.5, 0.6) is 0 Å². The molecule has 3 nitrogen and oxygen atoms in total. The van der Waals surface area contributed by atoms with E-state index in [2.05, 4.69) is 38.4 Å². The van der Waals surface area contributed by atoms with E-state index in [0.717, 1.165) is 44.4 Å². The van der Waals surface area contributed by atoms with Gasteiger partial charge in [0.2, 0.25) is 5.91 Å². The number of halogens is 1. The standard InChI is InChI=1S/C21H23BrN2OS/c22-17-3-1-2-14(9-17)21-23-18(11-26-21)10-19(25)24-20-15-5-12-4-13(7-15)8-16(20)6-12/h1-3,9,11-13,15-16,20H,4-8,10H2,(H,24,25). The number of aromatic nitrogens is 1. The van der Waals surface area contributed by atoms with Crippen LogP contribution in [-0.4, -0.2) is 16.9 Å². The van der Waals surface area contributed by atoms with Crippen molar-refractivity contribution in [3.63, 3.8) is 0 Å². The molecule has 1 aromatic carbocycles. The molecule has 4 saturated carbocycles. The van der Waals surface area contributed by atoms with Gasteiger partial charge in [-0.3, -0.25) is 4.79 Å². The molecule has 5 heteroatoms. The largest absolute Gasteiger partial charge is 0.352 e. The quantitative estimate of drug-likeness (QED) is 0.736. The third-order valence-electron chi connectivity index (χ3n) is 6.52. The van der Waals surface area contributed by atoms with Crippen LogP contribution in [-0.2, 0) is 11.2 Å². The van der Waals surface area contributed by atoms with Crippen LogP contribution >= 0.6 is 27.3 Å². The van der Waals surface area contributed by atoms with Crippen molar-refractivity contribution >= 4 is 33.2 Å². The molecule has 1 amide bonds. The summed E-state index contributed by atoms with van der Waals surface area (Å²) in [6.07, 6.45) is 7.19. The van der Waals surface area contributed by atoms with Gasteiger partial charge in [0.05, 0.1) is 12.1 Å². The summed E-state index contributed by atoms with van der Waals surface area (Å²) in [6.45, 7) is 0. The van der Waals surface area contributed by atoms with Crippen molar-refractivity contribution < 1.29 is 4.79 Å². The maximum absolute atomic E-state index is 12.7. The molecule has 1 N–H and O–H groups in total. The maximum atomic E-state index is 12.7. The van der Waals surface area contributed by atoms with Gasteiger partial charge in [0.15, 0.2) is 0 Å². The first kappa shape index (κ1) is 16.9. The highest BCUT2D eigenvalue weighted by molar-refractivity contribution is 9.10. The van der Waals surface area contributed by atoms with Crippen molar-refractivity contribution in [2.75, 3.05) is 0 Å². The second-order valence-corrected chi connectivity index (χ2v) is 10.1. The summed E-state index contributed by atoms with van der Waals surface area (Å²) in [5.41, 5.74) is 1.98.